The first-order chi connectivity index (χ1) is 6.34. The number of allylic oxidation sites excluding steroid dienone is 4. The second kappa shape index (κ2) is 4.46. The Bertz CT molecular complexity index is 277. The Morgan fingerprint density at radius 1 is 1.29 bits per heavy atom. The fourth-order valence-corrected chi connectivity index (χ4v) is 2.90. The molecule has 1 aliphatic rings. The van der Waals surface area contributed by atoms with Crippen LogP contribution in [0.15, 0.2) is 22.8 Å². The lowest BCUT2D eigenvalue weighted by atomic mass is 9.76. The third kappa shape index (κ3) is 2.68. The predicted octanol–water partition coefficient (Wildman–Crippen LogP) is 4.15. The maximum absolute atomic E-state index is 2.88. The van der Waals surface area contributed by atoms with Crippen LogP contribution in [-0.2, 0) is 0 Å². The maximum atomic E-state index is 2.88. The van der Waals surface area contributed by atoms with Gasteiger partial charge in [-0.15, -0.1) is 18.5 Å². The van der Waals surface area contributed by atoms with Crippen LogP contribution in [0.2, 0.25) is 0 Å². The van der Waals surface area contributed by atoms with E-state index in [1.807, 2.05) is 0 Å². The predicted molar refractivity (Wildman–Crippen MR) is 72.7 cm³/mol. The fraction of sp³-hybridized carbons (Fsp3) is 0.667. The molecule has 0 heterocycles. The van der Waals surface area contributed by atoms with E-state index in [4.69, 9.17) is 0 Å². The van der Waals surface area contributed by atoms with Gasteiger partial charge in [0, 0.05) is 5.40 Å². The molecule has 0 aliphatic heterocycles. The van der Waals surface area contributed by atoms with E-state index in [1.165, 1.54) is 18.4 Å². The third-order valence-electron chi connectivity index (χ3n) is 2.71. The van der Waals surface area contributed by atoms with Gasteiger partial charge in [-0.05, 0) is 36.3 Å². The first kappa shape index (κ1) is 12.4. The van der Waals surface area contributed by atoms with Gasteiger partial charge in [0.15, 0.2) is 0 Å². The molecule has 80 valence electrons. The van der Waals surface area contributed by atoms with E-state index in [-0.39, 0.29) is 5.41 Å². The summed E-state index contributed by atoms with van der Waals surface area (Å²) in [6.07, 6.45) is 4.84. The maximum Gasteiger partial charge on any atom is 0.0128 e. The molecule has 0 N–H and O–H groups in total. The molecule has 14 heavy (non-hydrogen) atoms. The first-order valence-electron chi connectivity index (χ1n) is 5.26. The van der Waals surface area contributed by atoms with Crippen LogP contribution in [0.25, 0.3) is 0 Å². The summed E-state index contributed by atoms with van der Waals surface area (Å²) in [4.78, 5) is 0. The Labute approximate surface area is 93.0 Å². The molecule has 0 bridgehead atoms. The molecule has 1 aliphatic carbocycles. The van der Waals surface area contributed by atoms with Crippen LogP contribution in [0.1, 0.15) is 40.5 Å². The van der Waals surface area contributed by atoms with Crippen LogP contribution in [0.3, 0.4) is 0 Å². The monoisotopic (exact) mass is 228 g/mol. The van der Waals surface area contributed by atoms with Crippen LogP contribution in [-0.4, -0.2) is 5.40 Å². The third-order valence-corrected chi connectivity index (χ3v) is 3.43. The van der Waals surface area contributed by atoms with E-state index in [9.17, 15) is 0 Å². The average Bonchev–Trinajstić information content (AvgIpc) is 2.01. The lowest BCUT2D eigenvalue weighted by Crippen LogP contribution is -2.18. The molecule has 0 aromatic rings. The van der Waals surface area contributed by atoms with Gasteiger partial charge in [-0.3, -0.25) is 0 Å². The highest BCUT2D eigenvalue weighted by molar-refractivity contribution is 7.38. The van der Waals surface area contributed by atoms with E-state index in [2.05, 4.69) is 52.3 Å². The highest BCUT2D eigenvalue weighted by Gasteiger charge is 2.26. The Morgan fingerprint density at radius 3 is 2.21 bits per heavy atom. The first-order valence-corrected chi connectivity index (χ1v) is 6.59. The van der Waals surface area contributed by atoms with E-state index in [0.717, 1.165) is 0 Å². The van der Waals surface area contributed by atoms with E-state index >= 15 is 0 Å². The van der Waals surface area contributed by atoms with Gasteiger partial charge in [0.05, 0.1) is 0 Å². The Morgan fingerprint density at radius 2 is 1.86 bits per heavy atom. The lowest BCUT2D eigenvalue weighted by Gasteiger charge is -2.32. The van der Waals surface area contributed by atoms with Crippen molar-refractivity contribution < 1.29 is 0 Å². The average molecular weight is 228 g/mol. The Balaban J connectivity index is 3.14. The standard InChI is InChI=1S/C12H22P2/c1-8-6-5-7-9(11(13)14)10(8)12(2,3)4/h7,11H,5-6,13-14H2,1-4H3. The number of hydrogen-bond acceptors (Lipinski definition) is 0. The van der Waals surface area contributed by atoms with Crippen molar-refractivity contribution in [1.29, 1.82) is 0 Å². The molecule has 0 aromatic heterocycles. The molecule has 0 saturated heterocycles. The van der Waals surface area contributed by atoms with Gasteiger partial charge in [-0.25, -0.2) is 0 Å². The highest BCUT2D eigenvalue weighted by Crippen LogP contribution is 2.42. The summed E-state index contributed by atoms with van der Waals surface area (Å²) in [7, 11) is 5.77. The molecule has 0 radical (unpaired) electrons. The van der Waals surface area contributed by atoms with Crippen LogP contribution < -0.4 is 0 Å². The van der Waals surface area contributed by atoms with Crippen molar-refractivity contribution in [3.8, 4) is 0 Å². The summed E-state index contributed by atoms with van der Waals surface area (Å²) in [5.41, 5.74) is 4.93. The highest BCUT2D eigenvalue weighted by atomic mass is 31.1. The molecule has 0 aromatic carbocycles. The Hall–Kier alpha value is 0.340. The largest absolute Gasteiger partial charge is 0.126 e. The molecule has 0 spiro atoms. The molecule has 0 nitrogen and oxygen atoms in total. The molecule has 0 amide bonds. The van der Waals surface area contributed by atoms with Gasteiger partial charge in [0.1, 0.15) is 0 Å². The summed E-state index contributed by atoms with van der Waals surface area (Å²) in [6.45, 7) is 9.21. The van der Waals surface area contributed by atoms with Crippen molar-refractivity contribution in [2.45, 2.75) is 45.9 Å². The van der Waals surface area contributed by atoms with Crippen LogP contribution in [0.4, 0.5) is 0 Å². The molecule has 2 heteroatoms. The molecule has 0 fully saturated rings. The molecule has 2 unspecified atom stereocenters. The van der Waals surface area contributed by atoms with Gasteiger partial charge in [-0.1, -0.05) is 32.4 Å². The van der Waals surface area contributed by atoms with Crippen molar-refractivity contribution >= 4 is 18.5 Å². The van der Waals surface area contributed by atoms with E-state index < -0.39 is 0 Å². The smallest absolute Gasteiger partial charge is 0.0128 e. The van der Waals surface area contributed by atoms with Crippen LogP contribution in [0.5, 0.6) is 0 Å². The van der Waals surface area contributed by atoms with E-state index in [0.29, 0.717) is 5.40 Å². The summed E-state index contributed by atoms with van der Waals surface area (Å²) in [5, 5.41) is 0.500. The minimum atomic E-state index is 0.279. The van der Waals surface area contributed by atoms with E-state index in [1.54, 1.807) is 11.1 Å². The number of rotatable bonds is 1. The quantitative estimate of drug-likeness (QED) is 0.591. The molecule has 1 rings (SSSR count). The summed E-state index contributed by atoms with van der Waals surface area (Å²) >= 11 is 0. The zero-order valence-corrected chi connectivity index (χ0v) is 12.0. The summed E-state index contributed by atoms with van der Waals surface area (Å²) in [5.74, 6) is 0. The van der Waals surface area contributed by atoms with Gasteiger partial charge < -0.3 is 0 Å². The molecular weight excluding hydrogens is 206 g/mol. The minimum Gasteiger partial charge on any atom is -0.126 e. The zero-order valence-electron chi connectivity index (χ0n) is 9.72. The molecule has 0 saturated carbocycles. The van der Waals surface area contributed by atoms with Crippen molar-refractivity contribution in [2.75, 3.05) is 0 Å². The van der Waals surface area contributed by atoms with Crippen LogP contribution in [0, 0.1) is 5.41 Å². The Kier molecular flexibility index (Phi) is 3.95. The zero-order chi connectivity index (χ0) is 10.9. The van der Waals surface area contributed by atoms with Gasteiger partial charge in [0.2, 0.25) is 0 Å². The topological polar surface area (TPSA) is 0 Å². The van der Waals surface area contributed by atoms with Crippen LogP contribution >= 0.6 is 18.5 Å². The van der Waals surface area contributed by atoms with Crippen molar-refractivity contribution in [3.63, 3.8) is 0 Å². The SMILES string of the molecule is CC1=C(C(C)(C)C)C(C(P)P)=CCC1. The normalized spacial score (nSPS) is 18.9. The molecule has 2 atom stereocenters. The van der Waals surface area contributed by atoms with Gasteiger partial charge in [-0.2, -0.15) is 0 Å². The van der Waals surface area contributed by atoms with Gasteiger partial charge in [0.25, 0.3) is 0 Å². The number of hydrogen-bond donors (Lipinski definition) is 0. The second-order valence-corrected chi connectivity index (χ2v) is 7.34. The summed E-state index contributed by atoms with van der Waals surface area (Å²) < 4.78 is 0. The van der Waals surface area contributed by atoms with Crippen molar-refractivity contribution in [1.82, 2.24) is 0 Å². The van der Waals surface area contributed by atoms with Gasteiger partial charge >= 0.3 is 0 Å². The molecular formula is C12H22P2. The fourth-order valence-electron chi connectivity index (χ4n) is 2.29. The van der Waals surface area contributed by atoms with Crippen molar-refractivity contribution in [2.24, 2.45) is 5.41 Å². The second-order valence-electron chi connectivity index (χ2n) is 5.13. The minimum absolute atomic E-state index is 0.279. The summed E-state index contributed by atoms with van der Waals surface area (Å²) in [6, 6.07) is 0. The lowest BCUT2D eigenvalue weighted by molar-refractivity contribution is 0.498. The van der Waals surface area contributed by atoms with Crippen molar-refractivity contribution in [3.05, 3.63) is 22.8 Å².